The van der Waals surface area contributed by atoms with Gasteiger partial charge in [0, 0.05) is 13.0 Å². The summed E-state index contributed by atoms with van der Waals surface area (Å²) in [5, 5.41) is 11.1. The van der Waals surface area contributed by atoms with E-state index in [1.807, 2.05) is 6.92 Å². The molecule has 0 radical (unpaired) electrons. The maximum absolute atomic E-state index is 11.4. The van der Waals surface area contributed by atoms with Crippen LogP contribution in [0.15, 0.2) is 0 Å². The van der Waals surface area contributed by atoms with Gasteiger partial charge >= 0.3 is 5.97 Å². The van der Waals surface area contributed by atoms with Crippen LogP contribution in [-0.2, 0) is 19.1 Å². The van der Waals surface area contributed by atoms with E-state index in [9.17, 15) is 14.4 Å². The van der Waals surface area contributed by atoms with E-state index < -0.39 is 23.8 Å². The summed E-state index contributed by atoms with van der Waals surface area (Å²) in [5.41, 5.74) is 4.92. The first-order chi connectivity index (χ1) is 8.47. The highest BCUT2D eigenvalue weighted by atomic mass is 16.5. The first-order valence-corrected chi connectivity index (χ1v) is 5.85. The topological polar surface area (TPSA) is 119 Å². The molecule has 0 aromatic heterocycles. The molecule has 104 valence electrons. The van der Waals surface area contributed by atoms with Crippen molar-refractivity contribution < 1.29 is 24.2 Å². The Morgan fingerprint density at radius 3 is 2.56 bits per heavy atom. The molecule has 4 N–H and O–H groups in total. The smallest absolute Gasteiger partial charge is 0.326 e. The highest BCUT2D eigenvalue weighted by Gasteiger charge is 2.20. The number of hydrogen-bond acceptors (Lipinski definition) is 4. The normalized spacial score (nSPS) is 11.8. The maximum atomic E-state index is 11.4. The molecule has 0 bridgehead atoms. The van der Waals surface area contributed by atoms with Gasteiger partial charge in [-0.2, -0.15) is 0 Å². The molecule has 0 aliphatic rings. The Balaban J connectivity index is 3.96. The zero-order valence-corrected chi connectivity index (χ0v) is 10.5. The third-order valence-electron chi connectivity index (χ3n) is 2.19. The summed E-state index contributed by atoms with van der Waals surface area (Å²) in [5.74, 6) is -2.31. The molecule has 0 aliphatic heterocycles. The van der Waals surface area contributed by atoms with Crippen molar-refractivity contribution in [2.75, 3.05) is 13.2 Å². The number of primary amides is 1. The lowest BCUT2D eigenvalue weighted by Gasteiger charge is -2.13. The van der Waals surface area contributed by atoms with Crippen molar-refractivity contribution in [1.82, 2.24) is 5.32 Å². The van der Waals surface area contributed by atoms with E-state index in [4.69, 9.17) is 15.6 Å². The zero-order valence-electron chi connectivity index (χ0n) is 10.5. The van der Waals surface area contributed by atoms with Crippen LogP contribution in [0.1, 0.15) is 32.6 Å². The third-order valence-corrected chi connectivity index (χ3v) is 2.19. The second-order valence-corrected chi connectivity index (χ2v) is 3.87. The highest BCUT2D eigenvalue weighted by molar-refractivity contribution is 5.84. The van der Waals surface area contributed by atoms with Gasteiger partial charge in [-0.25, -0.2) is 4.79 Å². The number of rotatable bonds is 10. The van der Waals surface area contributed by atoms with Crippen molar-refractivity contribution >= 4 is 17.8 Å². The van der Waals surface area contributed by atoms with Crippen LogP contribution in [0, 0.1) is 0 Å². The Morgan fingerprint density at radius 2 is 2.06 bits per heavy atom. The summed E-state index contributed by atoms with van der Waals surface area (Å²) in [7, 11) is 0. The lowest BCUT2D eigenvalue weighted by atomic mass is 10.1. The van der Waals surface area contributed by atoms with Gasteiger partial charge in [0.1, 0.15) is 12.6 Å². The Kier molecular flexibility index (Phi) is 8.55. The summed E-state index contributed by atoms with van der Waals surface area (Å²) in [6, 6.07) is -1.11. The number of unbranched alkanes of at least 4 members (excludes halogenated alkanes) is 1. The zero-order chi connectivity index (χ0) is 14.0. The average molecular weight is 260 g/mol. The molecular formula is C11H20N2O5. The van der Waals surface area contributed by atoms with Crippen molar-refractivity contribution in [3.05, 3.63) is 0 Å². The number of carbonyl (C=O) groups is 3. The van der Waals surface area contributed by atoms with Crippen molar-refractivity contribution in [3.63, 3.8) is 0 Å². The van der Waals surface area contributed by atoms with Crippen LogP contribution in [0.2, 0.25) is 0 Å². The summed E-state index contributed by atoms with van der Waals surface area (Å²) >= 11 is 0. The molecule has 0 unspecified atom stereocenters. The van der Waals surface area contributed by atoms with Crippen LogP contribution in [0.3, 0.4) is 0 Å². The van der Waals surface area contributed by atoms with Gasteiger partial charge in [0.2, 0.25) is 11.8 Å². The molecule has 1 atom stereocenters. The quantitative estimate of drug-likeness (QED) is 0.463. The van der Waals surface area contributed by atoms with E-state index in [-0.39, 0.29) is 19.4 Å². The summed E-state index contributed by atoms with van der Waals surface area (Å²) in [4.78, 5) is 32.7. The first kappa shape index (κ1) is 16.4. The average Bonchev–Trinajstić information content (AvgIpc) is 2.29. The van der Waals surface area contributed by atoms with Crippen LogP contribution >= 0.6 is 0 Å². The Labute approximate surface area is 106 Å². The monoisotopic (exact) mass is 260 g/mol. The molecule has 0 saturated carbocycles. The number of hydrogen-bond donors (Lipinski definition) is 3. The summed E-state index contributed by atoms with van der Waals surface area (Å²) < 4.78 is 5.05. The summed E-state index contributed by atoms with van der Waals surface area (Å²) in [6.07, 6.45) is 1.69. The molecule has 18 heavy (non-hydrogen) atoms. The number of carbonyl (C=O) groups excluding carboxylic acids is 2. The van der Waals surface area contributed by atoms with Crippen LogP contribution in [-0.4, -0.2) is 42.1 Å². The third kappa shape index (κ3) is 8.51. The van der Waals surface area contributed by atoms with Crippen molar-refractivity contribution in [1.29, 1.82) is 0 Å². The fourth-order valence-corrected chi connectivity index (χ4v) is 1.19. The predicted octanol–water partition coefficient (Wildman–Crippen LogP) is -0.362. The maximum Gasteiger partial charge on any atom is 0.326 e. The molecule has 0 aromatic carbocycles. The number of ether oxygens (including phenoxy) is 1. The van der Waals surface area contributed by atoms with E-state index in [2.05, 4.69) is 5.32 Å². The largest absolute Gasteiger partial charge is 0.480 e. The number of carboxylic acids is 1. The van der Waals surface area contributed by atoms with Gasteiger partial charge in [0.05, 0.1) is 0 Å². The SMILES string of the molecule is CCCCOCC(=O)N[C@@H](CCC(N)=O)C(=O)O. The van der Waals surface area contributed by atoms with E-state index in [1.165, 1.54) is 0 Å². The van der Waals surface area contributed by atoms with Crippen LogP contribution < -0.4 is 11.1 Å². The minimum atomic E-state index is -1.20. The number of aliphatic carboxylic acids is 1. The summed E-state index contributed by atoms with van der Waals surface area (Å²) in [6.45, 7) is 2.27. The van der Waals surface area contributed by atoms with Crippen molar-refractivity contribution in [2.24, 2.45) is 5.73 Å². The molecule has 0 fully saturated rings. The van der Waals surface area contributed by atoms with Crippen LogP contribution in [0.5, 0.6) is 0 Å². The molecule has 0 aromatic rings. The molecule has 0 heterocycles. The second-order valence-electron chi connectivity index (χ2n) is 3.87. The van der Waals surface area contributed by atoms with Gasteiger partial charge in [0.15, 0.2) is 0 Å². The number of nitrogens with two attached hydrogens (primary N) is 1. The fourth-order valence-electron chi connectivity index (χ4n) is 1.19. The number of nitrogens with one attached hydrogen (secondary N) is 1. The standard InChI is InChI=1S/C11H20N2O5/c1-2-3-6-18-7-10(15)13-8(11(16)17)4-5-9(12)14/h8H,2-7H2,1H3,(H2,12,14)(H,13,15)(H,16,17)/t8-/m0/s1. The minimum Gasteiger partial charge on any atom is -0.480 e. The second kappa shape index (κ2) is 9.41. The van der Waals surface area contributed by atoms with E-state index in [1.54, 1.807) is 0 Å². The Hall–Kier alpha value is -1.63. The first-order valence-electron chi connectivity index (χ1n) is 5.85. The number of carboxylic acid groups (broad SMARTS) is 1. The van der Waals surface area contributed by atoms with Gasteiger partial charge in [-0.1, -0.05) is 13.3 Å². The molecular weight excluding hydrogens is 240 g/mol. The lowest BCUT2D eigenvalue weighted by Crippen LogP contribution is -2.43. The van der Waals surface area contributed by atoms with Gasteiger partial charge in [-0.15, -0.1) is 0 Å². The molecule has 0 rings (SSSR count). The van der Waals surface area contributed by atoms with Crippen LogP contribution in [0.4, 0.5) is 0 Å². The van der Waals surface area contributed by atoms with Gasteiger partial charge in [-0.3, -0.25) is 9.59 Å². The van der Waals surface area contributed by atoms with E-state index in [0.717, 1.165) is 12.8 Å². The Morgan fingerprint density at radius 1 is 1.39 bits per heavy atom. The predicted molar refractivity (Wildman–Crippen MR) is 63.7 cm³/mol. The minimum absolute atomic E-state index is 0.0225. The molecule has 7 heteroatoms. The Bertz CT molecular complexity index is 293. The van der Waals surface area contributed by atoms with E-state index in [0.29, 0.717) is 6.61 Å². The molecule has 0 aliphatic carbocycles. The molecule has 7 nitrogen and oxygen atoms in total. The van der Waals surface area contributed by atoms with Gasteiger partial charge < -0.3 is 20.9 Å². The highest BCUT2D eigenvalue weighted by Crippen LogP contribution is 1.97. The lowest BCUT2D eigenvalue weighted by molar-refractivity contribution is -0.142. The van der Waals surface area contributed by atoms with Gasteiger partial charge in [-0.05, 0) is 12.8 Å². The molecule has 0 saturated heterocycles. The van der Waals surface area contributed by atoms with Crippen molar-refractivity contribution in [3.8, 4) is 0 Å². The molecule has 2 amide bonds. The van der Waals surface area contributed by atoms with Crippen LogP contribution in [0.25, 0.3) is 0 Å². The molecule has 0 spiro atoms. The van der Waals surface area contributed by atoms with Crippen molar-refractivity contribution in [2.45, 2.75) is 38.6 Å². The number of amides is 2. The van der Waals surface area contributed by atoms with Gasteiger partial charge in [0.25, 0.3) is 0 Å². The fraction of sp³-hybridized carbons (Fsp3) is 0.727. The van der Waals surface area contributed by atoms with E-state index >= 15 is 0 Å².